The number of ether oxygens (including phenoxy) is 1. The van der Waals surface area contributed by atoms with Gasteiger partial charge in [0.05, 0.1) is 7.11 Å². The molecular formula is C23H21ClO. The summed E-state index contributed by atoms with van der Waals surface area (Å²) in [5.74, 6) is 1.71. The highest BCUT2D eigenvalue weighted by Crippen LogP contribution is 2.47. The van der Waals surface area contributed by atoms with E-state index in [0.717, 1.165) is 23.6 Å². The molecule has 3 aromatic rings. The normalized spacial score (nSPS) is 19.3. The molecule has 0 aromatic heterocycles. The monoisotopic (exact) mass is 348 g/mol. The van der Waals surface area contributed by atoms with Gasteiger partial charge in [0.25, 0.3) is 0 Å². The molecule has 0 saturated heterocycles. The highest BCUT2D eigenvalue weighted by atomic mass is 35.5. The molecule has 4 rings (SSSR count). The van der Waals surface area contributed by atoms with Crippen molar-refractivity contribution in [2.24, 2.45) is 0 Å². The Morgan fingerprint density at radius 2 is 1.68 bits per heavy atom. The van der Waals surface area contributed by atoms with E-state index in [0.29, 0.717) is 11.8 Å². The second kappa shape index (κ2) is 6.93. The molecule has 0 spiro atoms. The predicted octanol–water partition coefficient (Wildman–Crippen LogP) is 6.21. The van der Waals surface area contributed by atoms with Gasteiger partial charge in [-0.1, -0.05) is 60.1 Å². The number of aryl methyl sites for hydroxylation is 1. The molecule has 0 heterocycles. The lowest BCUT2D eigenvalue weighted by Crippen LogP contribution is -2.20. The number of methoxy groups -OCH3 is 1. The molecule has 3 aromatic carbocycles. The fourth-order valence-electron chi connectivity index (χ4n) is 4.09. The van der Waals surface area contributed by atoms with Gasteiger partial charge in [-0.2, -0.15) is 0 Å². The van der Waals surface area contributed by atoms with Crippen LogP contribution in [-0.4, -0.2) is 7.11 Å². The van der Waals surface area contributed by atoms with Gasteiger partial charge in [0.15, 0.2) is 0 Å². The standard InChI is InChI=1S/C23H21ClO/c1-25-20-11-13-22-18(15-20)10-12-21(17-8-5-9-19(24)14-17)23(22)16-6-3-2-4-7-16/h2-9,11,13-15,21,23H,10,12H2,1H3/t21-,23+/m1/s1. The second-order valence-corrected chi connectivity index (χ2v) is 7.09. The minimum atomic E-state index is 0.342. The molecule has 126 valence electrons. The minimum Gasteiger partial charge on any atom is -0.497 e. The van der Waals surface area contributed by atoms with Crippen LogP contribution in [0.3, 0.4) is 0 Å². The van der Waals surface area contributed by atoms with Gasteiger partial charge < -0.3 is 4.74 Å². The summed E-state index contributed by atoms with van der Waals surface area (Å²) in [6.07, 6.45) is 2.17. The maximum absolute atomic E-state index is 6.28. The van der Waals surface area contributed by atoms with Crippen LogP contribution in [0.2, 0.25) is 5.02 Å². The average Bonchev–Trinajstić information content (AvgIpc) is 2.67. The number of fused-ring (bicyclic) bond motifs is 1. The quantitative estimate of drug-likeness (QED) is 0.546. The number of hydrogen-bond donors (Lipinski definition) is 0. The van der Waals surface area contributed by atoms with E-state index in [4.69, 9.17) is 16.3 Å². The lowest BCUT2D eigenvalue weighted by atomic mass is 9.69. The SMILES string of the molecule is COc1ccc2c(c1)CC[C@H](c1cccc(Cl)c1)[C@@H]2c1ccccc1. The van der Waals surface area contributed by atoms with E-state index in [1.54, 1.807) is 7.11 Å². The third-order valence-electron chi connectivity index (χ3n) is 5.25. The molecule has 0 aliphatic heterocycles. The Hall–Kier alpha value is -2.25. The number of halogens is 1. The van der Waals surface area contributed by atoms with E-state index in [-0.39, 0.29) is 0 Å². The van der Waals surface area contributed by atoms with Crippen molar-refractivity contribution in [1.82, 2.24) is 0 Å². The van der Waals surface area contributed by atoms with Crippen LogP contribution in [0.5, 0.6) is 5.75 Å². The van der Waals surface area contributed by atoms with Gasteiger partial charge in [0.2, 0.25) is 0 Å². The molecule has 1 aliphatic rings. The van der Waals surface area contributed by atoms with Gasteiger partial charge in [-0.25, -0.2) is 0 Å². The molecule has 0 bridgehead atoms. The maximum Gasteiger partial charge on any atom is 0.119 e. The molecule has 0 N–H and O–H groups in total. The fourth-order valence-corrected chi connectivity index (χ4v) is 4.29. The first-order chi connectivity index (χ1) is 12.3. The van der Waals surface area contributed by atoms with Crippen molar-refractivity contribution in [2.75, 3.05) is 7.11 Å². The first kappa shape index (κ1) is 16.2. The third kappa shape index (κ3) is 3.17. The van der Waals surface area contributed by atoms with Crippen LogP contribution in [0.15, 0.2) is 72.8 Å². The topological polar surface area (TPSA) is 9.23 Å². The predicted molar refractivity (Wildman–Crippen MR) is 104 cm³/mol. The molecule has 2 atom stereocenters. The van der Waals surface area contributed by atoms with Crippen molar-refractivity contribution in [3.63, 3.8) is 0 Å². The Kier molecular flexibility index (Phi) is 4.50. The van der Waals surface area contributed by atoms with E-state index in [2.05, 4.69) is 66.7 Å². The van der Waals surface area contributed by atoms with Crippen molar-refractivity contribution in [3.05, 3.63) is 100 Å². The first-order valence-electron chi connectivity index (χ1n) is 8.73. The Labute approximate surface area is 154 Å². The van der Waals surface area contributed by atoms with Crippen LogP contribution >= 0.6 is 11.6 Å². The zero-order valence-corrected chi connectivity index (χ0v) is 15.0. The maximum atomic E-state index is 6.28. The van der Waals surface area contributed by atoms with Gasteiger partial charge >= 0.3 is 0 Å². The van der Waals surface area contributed by atoms with E-state index >= 15 is 0 Å². The van der Waals surface area contributed by atoms with Gasteiger partial charge in [-0.3, -0.25) is 0 Å². The number of hydrogen-bond acceptors (Lipinski definition) is 1. The molecule has 25 heavy (non-hydrogen) atoms. The Balaban J connectivity index is 1.85. The number of rotatable bonds is 3. The summed E-state index contributed by atoms with van der Waals surface area (Å²) >= 11 is 6.28. The van der Waals surface area contributed by atoms with E-state index < -0.39 is 0 Å². The lowest BCUT2D eigenvalue weighted by molar-refractivity contribution is 0.412. The summed E-state index contributed by atoms with van der Waals surface area (Å²) in [5, 5.41) is 0.810. The summed E-state index contributed by atoms with van der Waals surface area (Å²) in [6.45, 7) is 0. The van der Waals surface area contributed by atoms with Crippen molar-refractivity contribution in [3.8, 4) is 5.75 Å². The molecule has 0 fully saturated rings. The van der Waals surface area contributed by atoms with Crippen molar-refractivity contribution >= 4 is 11.6 Å². The van der Waals surface area contributed by atoms with Gasteiger partial charge in [-0.15, -0.1) is 0 Å². The number of benzene rings is 3. The smallest absolute Gasteiger partial charge is 0.119 e. The van der Waals surface area contributed by atoms with Gasteiger partial charge in [0.1, 0.15) is 5.75 Å². The summed E-state index contributed by atoms with van der Waals surface area (Å²) in [7, 11) is 1.73. The summed E-state index contributed by atoms with van der Waals surface area (Å²) in [4.78, 5) is 0. The second-order valence-electron chi connectivity index (χ2n) is 6.65. The molecule has 0 amide bonds. The van der Waals surface area contributed by atoms with Crippen LogP contribution in [-0.2, 0) is 6.42 Å². The highest BCUT2D eigenvalue weighted by Gasteiger charge is 2.32. The molecule has 0 radical (unpaired) electrons. The van der Waals surface area contributed by atoms with Crippen LogP contribution < -0.4 is 4.74 Å². The van der Waals surface area contributed by atoms with Crippen LogP contribution in [0.4, 0.5) is 0 Å². The van der Waals surface area contributed by atoms with Crippen molar-refractivity contribution < 1.29 is 4.74 Å². The summed E-state index contributed by atoms with van der Waals surface area (Å²) in [5.41, 5.74) is 5.48. The van der Waals surface area contributed by atoms with Gasteiger partial charge in [-0.05, 0) is 65.3 Å². The van der Waals surface area contributed by atoms with Crippen LogP contribution in [0.1, 0.15) is 40.5 Å². The molecule has 1 nitrogen and oxygen atoms in total. The summed E-state index contributed by atoms with van der Waals surface area (Å²) in [6, 6.07) is 25.7. The zero-order valence-electron chi connectivity index (χ0n) is 14.3. The largest absolute Gasteiger partial charge is 0.497 e. The zero-order chi connectivity index (χ0) is 17.2. The van der Waals surface area contributed by atoms with E-state index in [9.17, 15) is 0 Å². The summed E-state index contributed by atoms with van der Waals surface area (Å²) < 4.78 is 5.43. The minimum absolute atomic E-state index is 0.342. The van der Waals surface area contributed by atoms with Crippen molar-refractivity contribution in [2.45, 2.75) is 24.7 Å². The molecule has 2 heteroatoms. The molecule has 1 aliphatic carbocycles. The fraction of sp³-hybridized carbons (Fsp3) is 0.217. The average molecular weight is 349 g/mol. The molecule has 0 unspecified atom stereocenters. The lowest BCUT2D eigenvalue weighted by Gasteiger charge is -2.35. The Morgan fingerprint density at radius 1 is 0.880 bits per heavy atom. The third-order valence-corrected chi connectivity index (χ3v) is 5.48. The first-order valence-corrected chi connectivity index (χ1v) is 9.11. The molecular weight excluding hydrogens is 328 g/mol. The van der Waals surface area contributed by atoms with Gasteiger partial charge in [0, 0.05) is 10.9 Å². The highest BCUT2D eigenvalue weighted by molar-refractivity contribution is 6.30. The Bertz CT molecular complexity index is 872. The van der Waals surface area contributed by atoms with Crippen LogP contribution in [0.25, 0.3) is 0 Å². The van der Waals surface area contributed by atoms with E-state index in [1.807, 2.05) is 6.07 Å². The Morgan fingerprint density at radius 3 is 2.44 bits per heavy atom. The molecule has 0 saturated carbocycles. The van der Waals surface area contributed by atoms with Crippen LogP contribution in [0, 0.1) is 0 Å². The van der Waals surface area contributed by atoms with Crippen molar-refractivity contribution in [1.29, 1.82) is 0 Å². The van der Waals surface area contributed by atoms with E-state index in [1.165, 1.54) is 22.3 Å².